The van der Waals surface area contributed by atoms with Gasteiger partial charge in [0.25, 0.3) is 0 Å². The maximum Gasteiger partial charge on any atom is 0.308 e. The predicted octanol–water partition coefficient (Wildman–Crippen LogP) is 2.34. The first-order chi connectivity index (χ1) is 10.6. The Balaban J connectivity index is 1.76. The zero-order valence-electron chi connectivity index (χ0n) is 13.0. The van der Waals surface area contributed by atoms with Crippen molar-refractivity contribution in [2.24, 2.45) is 5.92 Å². The number of carbonyl (C=O) groups excluding carboxylic acids is 1. The molecule has 1 aliphatic rings. The third-order valence-electron chi connectivity index (χ3n) is 4.14. The molecule has 1 aliphatic heterocycles. The molecule has 1 heterocycles. The fourth-order valence-corrected chi connectivity index (χ4v) is 2.80. The van der Waals surface area contributed by atoms with Crippen molar-refractivity contribution in [3.8, 4) is 5.75 Å². The molecule has 120 valence electrons. The SMILES string of the molecule is COc1ccc(CCCC(=O)N2CCCC(C(=O)O)C2)cc1. The van der Waals surface area contributed by atoms with Gasteiger partial charge >= 0.3 is 5.97 Å². The summed E-state index contributed by atoms with van der Waals surface area (Å²) in [7, 11) is 1.64. The summed E-state index contributed by atoms with van der Waals surface area (Å²) in [5.74, 6) is -0.303. The highest BCUT2D eigenvalue weighted by atomic mass is 16.5. The van der Waals surface area contributed by atoms with Gasteiger partial charge in [-0.05, 0) is 43.4 Å². The number of carboxylic acids is 1. The van der Waals surface area contributed by atoms with Crippen LogP contribution in [0.1, 0.15) is 31.2 Å². The molecule has 22 heavy (non-hydrogen) atoms. The van der Waals surface area contributed by atoms with Gasteiger partial charge in [-0.2, -0.15) is 0 Å². The Morgan fingerprint density at radius 3 is 2.68 bits per heavy atom. The fourth-order valence-electron chi connectivity index (χ4n) is 2.80. The van der Waals surface area contributed by atoms with E-state index in [2.05, 4.69) is 0 Å². The Hall–Kier alpha value is -2.04. The van der Waals surface area contributed by atoms with E-state index in [0.717, 1.165) is 25.0 Å². The standard InChI is InChI=1S/C17H23NO4/c1-22-15-9-7-13(8-10-15)4-2-6-16(19)18-11-3-5-14(12-18)17(20)21/h7-10,14H,2-6,11-12H2,1H3,(H,20,21). The van der Waals surface area contributed by atoms with Crippen molar-refractivity contribution in [1.29, 1.82) is 0 Å². The van der Waals surface area contributed by atoms with Crippen LogP contribution < -0.4 is 4.74 Å². The van der Waals surface area contributed by atoms with Gasteiger partial charge in [-0.15, -0.1) is 0 Å². The molecule has 0 aliphatic carbocycles. The quantitative estimate of drug-likeness (QED) is 0.876. The van der Waals surface area contributed by atoms with Crippen molar-refractivity contribution in [3.05, 3.63) is 29.8 Å². The Kier molecular flexibility index (Phi) is 5.81. The maximum absolute atomic E-state index is 12.2. The van der Waals surface area contributed by atoms with E-state index < -0.39 is 11.9 Å². The smallest absolute Gasteiger partial charge is 0.308 e. The maximum atomic E-state index is 12.2. The third kappa shape index (κ3) is 4.48. The number of ether oxygens (including phenoxy) is 1. The Labute approximate surface area is 130 Å². The minimum Gasteiger partial charge on any atom is -0.497 e. The second-order valence-corrected chi connectivity index (χ2v) is 5.72. The van der Waals surface area contributed by atoms with E-state index in [0.29, 0.717) is 25.9 Å². The molecule has 0 bridgehead atoms. The number of nitrogens with zero attached hydrogens (tertiary/aromatic N) is 1. The number of hydrogen-bond donors (Lipinski definition) is 1. The van der Waals surface area contributed by atoms with Gasteiger partial charge in [0, 0.05) is 19.5 Å². The molecule has 1 N–H and O–H groups in total. The van der Waals surface area contributed by atoms with E-state index in [1.54, 1.807) is 12.0 Å². The first-order valence-corrected chi connectivity index (χ1v) is 7.73. The van der Waals surface area contributed by atoms with Gasteiger partial charge in [0.05, 0.1) is 13.0 Å². The van der Waals surface area contributed by atoms with E-state index in [9.17, 15) is 9.59 Å². The third-order valence-corrected chi connectivity index (χ3v) is 4.14. The number of aliphatic carboxylic acids is 1. The van der Waals surface area contributed by atoms with Crippen LogP contribution in [0.3, 0.4) is 0 Å². The number of benzene rings is 1. The van der Waals surface area contributed by atoms with E-state index in [1.165, 1.54) is 5.56 Å². The lowest BCUT2D eigenvalue weighted by Gasteiger charge is -2.30. The van der Waals surface area contributed by atoms with E-state index in [1.807, 2.05) is 24.3 Å². The second kappa shape index (κ2) is 7.82. The summed E-state index contributed by atoms with van der Waals surface area (Å²) >= 11 is 0. The minimum atomic E-state index is -0.796. The summed E-state index contributed by atoms with van der Waals surface area (Å²) in [4.78, 5) is 24.9. The number of carboxylic acid groups (broad SMARTS) is 1. The Bertz CT molecular complexity index is 512. The van der Waals surface area contributed by atoms with Crippen LogP contribution in [0.25, 0.3) is 0 Å². The molecule has 1 aromatic carbocycles. The van der Waals surface area contributed by atoms with Crippen LogP contribution in [0.2, 0.25) is 0 Å². The lowest BCUT2D eigenvalue weighted by molar-refractivity contribution is -0.145. The summed E-state index contributed by atoms with van der Waals surface area (Å²) in [6, 6.07) is 7.84. The van der Waals surface area contributed by atoms with Crippen LogP contribution in [0.5, 0.6) is 5.75 Å². The van der Waals surface area contributed by atoms with Crippen LogP contribution in [-0.2, 0) is 16.0 Å². The molecule has 0 saturated carbocycles. The van der Waals surface area contributed by atoms with Crippen LogP contribution in [0.15, 0.2) is 24.3 Å². The number of methoxy groups -OCH3 is 1. The molecule has 1 unspecified atom stereocenters. The molecule has 0 aromatic heterocycles. The summed E-state index contributed by atoms with van der Waals surface area (Å²) in [6.45, 7) is 1.04. The molecule has 0 spiro atoms. The van der Waals surface area contributed by atoms with Crippen molar-refractivity contribution in [1.82, 2.24) is 4.90 Å². The zero-order chi connectivity index (χ0) is 15.9. The number of rotatable bonds is 6. The van der Waals surface area contributed by atoms with Gasteiger partial charge in [-0.1, -0.05) is 12.1 Å². The molecular weight excluding hydrogens is 282 g/mol. The van der Waals surface area contributed by atoms with Crippen molar-refractivity contribution >= 4 is 11.9 Å². The summed E-state index contributed by atoms with van der Waals surface area (Å²) in [5.41, 5.74) is 1.18. The number of amides is 1. The molecule has 2 rings (SSSR count). The molecule has 1 atom stereocenters. The van der Waals surface area contributed by atoms with Gasteiger partial charge in [-0.3, -0.25) is 9.59 Å². The van der Waals surface area contributed by atoms with E-state index in [-0.39, 0.29) is 5.91 Å². The van der Waals surface area contributed by atoms with Crippen molar-refractivity contribution in [3.63, 3.8) is 0 Å². The zero-order valence-corrected chi connectivity index (χ0v) is 13.0. The highest BCUT2D eigenvalue weighted by Crippen LogP contribution is 2.18. The predicted molar refractivity (Wildman–Crippen MR) is 82.9 cm³/mol. The summed E-state index contributed by atoms with van der Waals surface area (Å²) in [6.07, 6.45) is 3.54. The highest BCUT2D eigenvalue weighted by Gasteiger charge is 2.27. The molecular formula is C17H23NO4. The molecule has 1 amide bonds. The number of likely N-dealkylation sites (tertiary alicyclic amines) is 1. The van der Waals surface area contributed by atoms with Crippen LogP contribution in [0.4, 0.5) is 0 Å². The number of aryl methyl sites for hydroxylation is 1. The number of carbonyl (C=O) groups is 2. The van der Waals surface area contributed by atoms with Crippen molar-refractivity contribution in [2.45, 2.75) is 32.1 Å². The van der Waals surface area contributed by atoms with E-state index >= 15 is 0 Å². The Morgan fingerprint density at radius 2 is 2.05 bits per heavy atom. The fraction of sp³-hybridized carbons (Fsp3) is 0.529. The van der Waals surface area contributed by atoms with Gasteiger partial charge in [-0.25, -0.2) is 0 Å². The second-order valence-electron chi connectivity index (χ2n) is 5.72. The summed E-state index contributed by atoms with van der Waals surface area (Å²) < 4.78 is 5.11. The number of piperidine rings is 1. The Morgan fingerprint density at radius 1 is 1.32 bits per heavy atom. The van der Waals surface area contributed by atoms with Crippen LogP contribution in [0, 0.1) is 5.92 Å². The lowest BCUT2D eigenvalue weighted by atomic mass is 9.97. The molecule has 1 fully saturated rings. The minimum absolute atomic E-state index is 0.0689. The first kappa shape index (κ1) is 16.3. The van der Waals surface area contributed by atoms with E-state index in [4.69, 9.17) is 9.84 Å². The average molecular weight is 305 g/mol. The van der Waals surface area contributed by atoms with Crippen molar-refractivity contribution < 1.29 is 19.4 Å². The monoisotopic (exact) mass is 305 g/mol. The van der Waals surface area contributed by atoms with Gasteiger partial charge in [0.1, 0.15) is 5.75 Å². The van der Waals surface area contributed by atoms with Crippen molar-refractivity contribution in [2.75, 3.05) is 20.2 Å². The molecule has 1 saturated heterocycles. The van der Waals surface area contributed by atoms with Gasteiger partial charge in [0.15, 0.2) is 0 Å². The first-order valence-electron chi connectivity index (χ1n) is 7.73. The topological polar surface area (TPSA) is 66.8 Å². The average Bonchev–Trinajstić information content (AvgIpc) is 2.55. The lowest BCUT2D eigenvalue weighted by Crippen LogP contribution is -2.42. The molecule has 5 heteroatoms. The van der Waals surface area contributed by atoms with Crippen LogP contribution in [-0.4, -0.2) is 42.1 Å². The normalized spacial score (nSPS) is 18.0. The molecule has 1 aromatic rings. The summed E-state index contributed by atoms with van der Waals surface area (Å²) in [5, 5.41) is 9.06. The molecule has 0 radical (unpaired) electrons. The van der Waals surface area contributed by atoms with Crippen LogP contribution >= 0.6 is 0 Å². The highest BCUT2D eigenvalue weighted by molar-refractivity contribution is 5.78. The van der Waals surface area contributed by atoms with Gasteiger partial charge < -0.3 is 14.7 Å². The number of hydrogen-bond acceptors (Lipinski definition) is 3. The largest absolute Gasteiger partial charge is 0.497 e. The molecule has 5 nitrogen and oxygen atoms in total. The van der Waals surface area contributed by atoms with Gasteiger partial charge in [0.2, 0.25) is 5.91 Å².